The van der Waals surface area contributed by atoms with Crippen LogP contribution in [0.15, 0.2) is 22.8 Å². The molecule has 4 heteroatoms. The fourth-order valence-electron chi connectivity index (χ4n) is 2.47. The molecule has 1 amide bonds. The number of carbonyl (C=O) groups is 1. The first-order chi connectivity index (χ1) is 7.67. The van der Waals surface area contributed by atoms with Crippen LogP contribution < -0.4 is 5.32 Å². The summed E-state index contributed by atoms with van der Waals surface area (Å²) >= 11 is 0. The summed E-state index contributed by atoms with van der Waals surface area (Å²) in [7, 11) is 1.92. The molecule has 16 heavy (non-hydrogen) atoms. The molecule has 88 valence electrons. The number of furan rings is 1. The molecule has 1 unspecified atom stereocenters. The van der Waals surface area contributed by atoms with Gasteiger partial charge in [0.1, 0.15) is 0 Å². The Labute approximate surface area is 95.6 Å². The van der Waals surface area contributed by atoms with Crippen molar-refractivity contribution in [1.82, 2.24) is 10.2 Å². The van der Waals surface area contributed by atoms with Crippen molar-refractivity contribution in [1.29, 1.82) is 0 Å². The summed E-state index contributed by atoms with van der Waals surface area (Å²) in [6, 6.07) is 3.47. The minimum atomic E-state index is -0.0847. The maximum Gasteiger partial charge on any atom is 0.290 e. The molecule has 1 saturated heterocycles. The van der Waals surface area contributed by atoms with E-state index in [4.69, 9.17) is 4.42 Å². The Morgan fingerprint density at radius 3 is 3.12 bits per heavy atom. The monoisotopic (exact) mass is 222 g/mol. The zero-order valence-corrected chi connectivity index (χ0v) is 9.82. The zero-order valence-electron chi connectivity index (χ0n) is 9.82. The summed E-state index contributed by atoms with van der Waals surface area (Å²) in [5.74, 6) is 0.435. The Hall–Kier alpha value is -1.29. The highest BCUT2D eigenvalue weighted by Crippen LogP contribution is 2.29. The molecule has 4 nitrogen and oxygen atoms in total. The molecule has 1 aliphatic heterocycles. The van der Waals surface area contributed by atoms with Gasteiger partial charge < -0.3 is 14.6 Å². The van der Waals surface area contributed by atoms with E-state index >= 15 is 0 Å². The second-order valence-corrected chi connectivity index (χ2v) is 4.56. The number of hydrogen-bond donors (Lipinski definition) is 1. The minimum absolute atomic E-state index is 0.000231. The van der Waals surface area contributed by atoms with Crippen LogP contribution in [0.4, 0.5) is 0 Å². The van der Waals surface area contributed by atoms with Crippen LogP contribution in [0.25, 0.3) is 0 Å². The number of likely N-dealkylation sites (N-methyl/N-ethyl adjacent to an activating group) is 1. The molecular weight excluding hydrogens is 204 g/mol. The first kappa shape index (κ1) is 11.2. The third kappa shape index (κ3) is 1.85. The molecule has 0 spiro atoms. The number of rotatable bonds is 3. The van der Waals surface area contributed by atoms with Crippen molar-refractivity contribution < 1.29 is 9.21 Å². The molecule has 1 aliphatic rings. The van der Waals surface area contributed by atoms with Gasteiger partial charge in [0.2, 0.25) is 0 Å². The van der Waals surface area contributed by atoms with Gasteiger partial charge in [-0.25, -0.2) is 0 Å². The Kier molecular flexibility index (Phi) is 3.01. The van der Waals surface area contributed by atoms with E-state index in [9.17, 15) is 4.79 Å². The molecular formula is C12H18N2O2. The second kappa shape index (κ2) is 4.29. The average molecular weight is 222 g/mol. The standard InChI is InChI=1S/C12H18N2O2/c1-12(9-13-2)6-4-7-14(12)11(15)10-5-3-8-16-10/h3,5,8,13H,4,6-7,9H2,1-2H3. The summed E-state index contributed by atoms with van der Waals surface area (Å²) in [4.78, 5) is 14.1. The van der Waals surface area contributed by atoms with E-state index in [1.54, 1.807) is 18.4 Å². The van der Waals surface area contributed by atoms with E-state index in [0.717, 1.165) is 25.9 Å². The second-order valence-electron chi connectivity index (χ2n) is 4.56. The van der Waals surface area contributed by atoms with Crippen molar-refractivity contribution >= 4 is 5.91 Å². The van der Waals surface area contributed by atoms with Crippen molar-refractivity contribution in [3.8, 4) is 0 Å². The highest BCUT2D eigenvalue weighted by molar-refractivity contribution is 5.92. The lowest BCUT2D eigenvalue weighted by molar-refractivity contribution is 0.0593. The Morgan fingerprint density at radius 1 is 1.69 bits per heavy atom. The van der Waals surface area contributed by atoms with E-state index in [-0.39, 0.29) is 11.4 Å². The molecule has 2 heterocycles. The summed E-state index contributed by atoms with van der Waals surface area (Å²) in [6.45, 7) is 3.76. The molecule has 0 bridgehead atoms. The van der Waals surface area contributed by atoms with Crippen molar-refractivity contribution in [2.75, 3.05) is 20.1 Å². The van der Waals surface area contributed by atoms with Crippen molar-refractivity contribution in [3.05, 3.63) is 24.2 Å². The molecule has 1 aromatic heterocycles. The lowest BCUT2D eigenvalue weighted by Crippen LogP contribution is -2.50. The summed E-state index contributed by atoms with van der Waals surface area (Å²) in [6.07, 6.45) is 3.64. The number of nitrogens with one attached hydrogen (secondary N) is 1. The van der Waals surface area contributed by atoms with Gasteiger partial charge in [-0.2, -0.15) is 0 Å². The fourth-order valence-corrected chi connectivity index (χ4v) is 2.47. The van der Waals surface area contributed by atoms with Gasteiger partial charge in [-0.3, -0.25) is 4.79 Å². The van der Waals surface area contributed by atoms with Crippen molar-refractivity contribution in [2.24, 2.45) is 0 Å². The fraction of sp³-hybridized carbons (Fsp3) is 0.583. The molecule has 0 radical (unpaired) electrons. The normalized spacial score (nSPS) is 25.0. The van der Waals surface area contributed by atoms with Crippen LogP contribution in [0.1, 0.15) is 30.3 Å². The van der Waals surface area contributed by atoms with Gasteiger partial charge in [-0.05, 0) is 38.9 Å². The van der Waals surface area contributed by atoms with E-state index in [1.165, 1.54) is 0 Å². The van der Waals surface area contributed by atoms with Gasteiger partial charge in [-0.15, -0.1) is 0 Å². The van der Waals surface area contributed by atoms with Crippen LogP contribution in [0.3, 0.4) is 0 Å². The van der Waals surface area contributed by atoms with Gasteiger partial charge in [0, 0.05) is 13.1 Å². The number of amides is 1. The topological polar surface area (TPSA) is 45.5 Å². The smallest absolute Gasteiger partial charge is 0.290 e. The van der Waals surface area contributed by atoms with Crippen molar-refractivity contribution in [3.63, 3.8) is 0 Å². The van der Waals surface area contributed by atoms with Gasteiger partial charge in [0.05, 0.1) is 11.8 Å². The van der Waals surface area contributed by atoms with Gasteiger partial charge in [0.25, 0.3) is 5.91 Å². The van der Waals surface area contributed by atoms with Crippen LogP contribution in [0, 0.1) is 0 Å². The molecule has 1 fully saturated rings. The highest BCUT2D eigenvalue weighted by atomic mass is 16.3. The summed E-state index contributed by atoms with van der Waals surface area (Å²) in [5, 5.41) is 3.16. The number of nitrogens with zero attached hydrogens (tertiary/aromatic N) is 1. The molecule has 1 N–H and O–H groups in total. The number of likely N-dealkylation sites (tertiary alicyclic amines) is 1. The van der Waals surface area contributed by atoms with E-state index in [1.807, 2.05) is 11.9 Å². The summed E-state index contributed by atoms with van der Waals surface area (Å²) in [5.41, 5.74) is -0.0847. The predicted octanol–water partition coefficient (Wildman–Crippen LogP) is 1.49. The predicted molar refractivity (Wildman–Crippen MR) is 61.3 cm³/mol. The van der Waals surface area contributed by atoms with Crippen LogP contribution in [0.2, 0.25) is 0 Å². The molecule has 0 saturated carbocycles. The third-order valence-corrected chi connectivity index (χ3v) is 3.28. The van der Waals surface area contributed by atoms with Gasteiger partial charge in [-0.1, -0.05) is 0 Å². The lowest BCUT2D eigenvalue weighted by atomic mass is 9.99. The maximum absolute atomic E-state index is 12.2. The SMILES string of the molecule is CNCC1(C)CCCN1C(=O)c1ccco1. The molecule has 0 aromatic carbocycles. The van der Waals surface area contributed by atoms with E-state index < -0.39 is 0 Å². The quantitative estimate of drug-likeness (QED) is 0.842. The van der Waals surface area contributed by atoms with Crippen LogP contribution in [0.5, 0.6) is 0 Å². The average Bonchev–Trinajstić information content (AvgIpc) is 2.86. The Morgan fingerprint density at radius 2 is 2.50 bits per heavy atom. The number of carbonyl (C=O) groups excluding carboxylic acids is 1. The molecule has 1 aromatic rings. The van der Waals surface area contributed by atoms with E-state index in [0.29, 0.717) is 5.76 Å². The largest absolute Gasteiger partial charge is 0.459 e. The highest BCUT2D eigenvalue weighted by Gasteiger charge is 2.39. The van der Waals surface area contributed by atoms with Crippen LogP contribution in [-0.4, -0.2) is 36.5 Å². The van der Waals surface area contributed by atoms with Crippen LogP contribution >= 0.6 is 0 Å². The maximum atomic E-state index is 12.2. The Balaban J connectivity index is 2.17. The first-order valence-corrected chi connectivity index (χ1v) is 5.67. The Bertz CT molecular complexity index is 361. The minimum Gasteiger partial charge on any atom is -0.459 e. The number of hydrogen-bond acceptors (Lipinski definition) is 3. The third-order valence-electron chi connectivity index (χ3n) is 3.28. The molecule has 2 rings (SSSR count). The lowest BCUT2D eigenvalue weighted by Gasteiger charge is -2.34. The first-order valence-electron chi connectivity index (χ1n) is 5.67. The van der Waals surface area contributed by atoms with Crippen molar-refractivity contribution in [2.45, 2.75) is 25.3 Å². The summed E-state index contributed by atoms with van der Waals surface area (Å²) < 4.78 is 5.17. The van der Waals surface area contributed by atoms with Gasteiger partial charge in [0.15, 0.2) is 5.76 Å². The van der Waals surface area contributed by atoms with Crippen LogP contribution in [-0.2, 0) is 0 Å². The van der Waals surface area contributed by atoms with E-state index in [2.05, 4.69) is 12.2 Å². The zero-order chi connectivity index (χ0) is 11.6. The molecule has 1 atom stereocenters. The van der Waals surface area contributed by atoms with Gasteiger partial charge >= 0.3 is 0 Å². The molecule has 0 aliphatic carbocycles.